The van der Waals surface area contributed by atoms with Gasteiger partial charge < -0.3 is 4.48 Å². The van der Waals surface area contributed by atoms with Gasteiger partial charge in [0.2, 0.25) is 0 Å². The van der Waals surface area contributed by atoms with Crippen molar-refractivity contribution < 1.29 is 27.5 Å². The molecule has 0 aromatic carbocycles. The van der Waals surface area contributed by atoms with Crippen molar-refractivity contribution in [3.05, 3.63) is 0 Å². The number of hydrogen-bond acceptors (Lipinski definition) is 2. The second-order valence-electron chi connectivity index (χ2n) is 6.35. The van der Waals surface area contributed by atoms with Gasteiger partial charge in [-0.2, -0.15) is 8.78 Å². The Morgan fingerprint density at radius 1 is 0.792 bits per heavy atom. The zero-order valence-corrected chi connectivity index (χ0v) is 16.0. The second kappa shape index (κ2) is 17.1. The Hall–Kier alpha value is -0.780. The predicted molar refractivity (Wildman–Crippen MR) is 92.6 cm³/mol. The van der Waals surface area contributed by atoms with Crippen LogP contribution < -0.4 is 0 Å². The van der Waals surface area contributed by atoms with E-state index in [9.17, 15) is 13.3 Å². The Labute approximate surface area is 146 Å². The van der Waals surface area contributed by atoms with E-state index in [1.165, 1.54) is 82.0 Å². The topological polar surface area (TPSA) is 26.3 Å². The molecule has 0 N–H and O–H groups in total. The van der Waals surface area contributed by atoms with Crippen molar-refractivity contribution in [2.45, 2.75) is 85.5 Å². The molecular weight excluding hydrogens is 319 g/mol. The summed E-state index contributed by atoms with van der Waals surface area (Å²) in [7, 11) is 0. The maximum Gasteiger partial charge on any atom is 0.414 e. The number of halogens is 3. The van der Waals surface area contributed by atoms with Crippen molar-refractivity contribution in [2.24, 2.45) is 0 Å². The summed E-state index contributed by atoms with van der Waals surface area (Å²) >= 11 is 0. The van der Waals surface area contributed by atoms with Crippen LogP contribution in [0.3, 0.4) is 0 Å². The number of carbonyl (C=O) groups excluding carboxylic acids is 1. The number of nitrogens with zero attached hydrogens (tertiary/aromatic N) is 1. The number of unbranched alkanes of at least 4 members (excludes halogenated alkanes) is 4. The van der Waals surface area contributed by atoms with Crippen LogP contribution in [0.2, 0.25) is 0 Å². The van der Waals surface area contributed by atoms with Gasteiger partial charge in [0.15, 0.2) is 0 Å². The van der Waals surface area contributed by atoms with Crippen LogP contribution in [-0.4, -0.2) is 43.1 Å². The van der Waals surface area contributed by atoms with Crippen LogP contribution >= 0.6 is 0 Å². The third-order valence-electron chi connectivity index (χ3n) is 4.20. The largest absolute Gasteiger partial charge is 0.414 e. The summed E-state index contributed by atoms with van der Waals surface area (Å²) in [6.07, 6.45) is 7.69. The molecule has 0 aromatic heterocycles. The molecule has 146 valence electrons. The van der Waals surface area contributed by atoms with Crippen LogP contribution in [0.25, 0.3) is 0 Å². The van der Waals surface area contributed by atoms with Crippen molar-refractivity contribution in [1.82, 2.24) is 0 Å². The Morgan fingerprint density at radius 3 is 1.21 bits per heavy atom. The van der Waals surface area contributed by atoms with E-state index < -0.39 is 12.4 Å². The summed E-state index contributed by atoms with van der Waals surface area (Å²) in [5, 5.41) is 0. The van der Waals surface area contributed by atoms with Gasteiger partial charge in [-0.25, -0.2) is 9.74 Å². The van der Waals surface area contributed by atoms with Crippen LogP contribution in [0.4, 0.5) is 13.3 Å². The lowest BCUT2D eigenvalue weighted by Crippen LogP contribution is -2.50. The summed E-state index contributed by atoms with van der Waals surface area (Å²) in [6.45, 7) is 15.0. The van der Waals surface area contributed by atoms with E-state index in [1.54, 1.807) is 0 Å². The molecule has 0 bridgehead atoms. The molecule has 0 amide bonds. The third kappa shape index (κ3) is 13.6. The summed E-state index contributed by atoms with van der Waals surface area (Å²) in [4.78, 5) is 11.3. The van der Waals surface area contributed by atoms with E-state index in [2.05, 4.69) is 32.6 Å². The molecule has 0 unspecified atom stereocenters. The Bertz CT molecular complexity index is 252. The van der Waals surface area contributed by atoms with Gasteiger partial charge in [-0.15, -0.1) is 0 Å². The monoisotopic (exact) mass is 356 g/mol. The number of hydrogen-bond donors (Lipinski definition) is 0. The highest BCUT2D eigenvalue weighted by Gasteiger charge is 2.24. The van der Waals surface area contributed by atoms with Gasteiger partial charge in [0.25, 0.3) is 0 Å². The van der Waals surface area contributed by atoms with Gasteiger partial charge in [-0.05, 0) is 25.7 Å². The zero-order valence-electron chi connectivity index (χ0n) is 16.0. The summed E-state index contributed by atoms with van der Waals surface area (Å²) in [5.74, 6) is -2.15. The average Bonchev–Trinajstić information content (AvgIpc) is 2.60. The molecule has 0 rings (SSSR count). The highest BCUT2D eigenvalue weighted by molar-refractivity contribution is 5.71. The second-order valence-corrected chi connectivity index (χ2v) is 6.35. The predicted octanol–water partition coefficient (Wildman–Crippen LogP) is 5.68. The minimum Gasteiger partial charge on any atom is -0.324 e. The van der Waals surface area contributed by atoms with Crippen LogP contribution in [-0.2, 0) is 9.74 Å². The average molecular weight is 356 g/mol. The van der Waals surface area contributed by atoms with Gasteiger partial charge in [0.1, 0.15) is 0 Å². The van der Waals surface area contributed by atoms with E-state index in [0.717, 1.165) is 0 Å². The maximum atomic E-state index is 10.7. The molecule has 6 heteroatoms. The van der Waals surface area contributed by atoms with Gasteiger partial charge in [-0.3, -0.25) is 0 Å². The van der Waals surface area contributed by atoms with Crippen molar-refractivity contribution >= 4 is 5.97 Å². The van der Waals surface area contributed by atoms with Gasteiger partial charge in [0.05, 0.1) is 26.2 Å². The van der Waals surface area contributed by atoms with Crippen molar-refractivity contribution in [3.63, 3.8) is 0 Å². The SMILES string of the molecule is CCCC[N+](CCCC)(CCCC)CCCC.O=C(OF)C(F)F. The highest BCUT2D eigenvalue weighted by Crippen LogP contribution is 2.16. The quantitative estimate of drug-likeness (QED) is 0.397. The summed E-state index contributed by atoms with van der Waals surface area (Å²) < 4.78 is 33.2. The molecule has 0 aliphatic carbocycles. The van der Waals surface area contributed by atoms with E-state index in [0.29, 0.717) is 0 Å². The lowest BCUT2D eigenvalue weighted by molar-refractivity contribution is -0.929. The van der Waals surface area contributed by atoms with Gasteiger partial charge >= 0.3 is 12.4 Å². The maximum absolute atomic E-state index is 10.7. The molecule has 0 aliphatic heterocycles. The fourth-order valence-electron chi connectivity index (χ4n) is 2.68. The molecule has 24 heavy (non-hydrogen) atoms. The number of alkyl halides is 2. The standard InChI is InChI=1S/C16H36N.C2HF3O2/c1-5-9-13-17(14-10-6-2,15-11-7-3)16-12-8-4;3-1(4)2(6)7-5/h5-16H2,1-4H3;1H/q+1;. The molecule has 0 heterocycles. The summed E-state index contributed by atoms with van der Waals surface area (Å²) in [5.41, 5.74) is 0. The van der Waals surface area contributed by atoms with Crippen LogP contribution in [0.1, 0.15) is 79.1 Å². The first-order valence-electron chi connectivity index (χ1n) is 9.38. The number of quaternary nitrogens is 1. The van der Waals surface area contributed by atoms with Gasteiger partial charge in [0, 0.05) is 4.53 Å². The molecule has 0 radical (unpaired) electrons. The minimum atomic E-state index is -3.37. The van der Waals surface area contributed by atoms with Crippen LogP contribution in [0.15, 0.2) is 0 Å². The third-order valence-corrected chi connectivity index (χ3v) is 4.20. The van der Waals surface area contributed by atoms with E-state index in [1.807, 2.05) is 0 Å². The minimum absolute atomic E-state index is 1.35. The fraction of sp³-hybridized carbons (Fsp3) is 0.944. The molecule has 0 saturated heterocycles. The molecule has 0 aromatic rings. The Kier molecular flexibility index (Phi) is 18.1. The van der Waals surface area contributed by atoms with E-state index >= 15 is 0 Å². The van der Waals surface area contributed by atoms with Crippen molar-refractivity contribution in [1.29, 1.82) is 0 Å². The molecule has 3 nitrogen and oxygen atoms in total. The normalized spacial score (nSPS) is 11.2. The smallest absolute Gasteiger partial charge is 0.324 e. The molecule has 0 fully saturated rings. The van der Waals surface area contributed by atoms with Crippen molar-refractivity contribution in [2.75, 3.05) is 26.2 Å². The zero-order chi connectivity index (χ0) is 18.8. The van der Waals surface area contributed by atoms with Crippen LogP contribution in [0, 0.1) is 0 Å². The van der Waals surface area contributed by atoms with Crippen LogP contribution in [0.5, 0.6) is 0 Å². The Balaban J connectivity index is 0. The van der Waals surface area contributed by atoms with Gasteiger partial charge in [-0.1, -0.05) is 53.4 Å². The molecular formula is C18H37F3NO2+. The van der Waals surface area contributed by atoms with E-state index in [4.69, 9.17) is 4.79 Å². The molecule has 0 spiro atoms. The Morgan fingerprint density at radius 2 is 1.08 bits per heavy atom. The molecule has 0 saturated carbocycles. The first-order valence-corrected chi connectivity index (χ1v) is 9.38. The lowest BCUT2D eigenvalue weighted by atomic mass is 10.1. The molecule has 0 aliphatic rings. The lowest BCUT2D eigenvalue weighted by Gasteiger charge is -2.39. The first kappa shape index (κ1) is 25.5. The van der Waals surface area contributed by atoms with E-state index in [-0.39, 0.29) is 0 Å². The van der Waals surface area contributed by atoms with Crippen molar-refractivity contribution in [3.8, 4) is 0 Å². The number of rotatable bonds is 13. The first-order chi connectivity index (χ1) is 11.4. The molecule has 0 atom stereocenters. The summed E-state index contributed by atoms with van der Waals surface area (Å²) in [6, 6.07) is 0. The number of carbonyl (C=O) groups is 1. The highest BCUT2D eigenvalue weighted by atomic mass is 19.3. The fourth-order valence-corrected chi connectivity index (χ4v) is 2.68.